The number of rotatable bonds is 14. The summed E-state index contributed by atoms with van der Waals surface area (Å²) in [6.07, 6.45) is 6.90. The second-order valence-electron chi connectivity index (χ2n) is 9.23. The molecular formula is C36H40O8. The van der Waals surface area contributed by atoms with Crippen LogP contribution in [0.5, 0.6) is 34.5 Å². The fourth-order valence-electron chi connectivity index (χ4n) is 4.11. The Kier molecular flexibility index (Phi) is 14.2. The third-order valence-corrected chi connectivity index (χ3v) is 6.25. The topological polar surface area (TPSA) is 95.8 Å². The van der Waals surface area contributed by atoms with Crippen molar-refractivity contribution in [2.24, 2.45) is 0 Å². The van der Waals surface area contributed by atoms with Crippen molar-refractivity contribution in [3.8, 4) is 34.5 Å². The van der Waals surface area contributed by atoms with Gasteiger partial charge in [0.1, 0.15) is 13.2 Å². The first-order valence-corrected chi connectivity index (χ1v) is 14.0. The molecular weight excluding hydrogens is 560 g/mol. The standard InChI is InChI=1S/2C18H20O4/c2*1-20-16-11-15(9-6-10-19)12-17(21-2)18(16)22-13-14-7-4-3-5-8-14/h2*3-9,11-12,19H,10,13H2,1-2H3/b2*9-6+. The van der Waals surface area contributed by atoms with Crippen LogP contribution in [-0.4, -0.2) is 51.9 Å². The van der Waals surface area contributed by atoms with Crippen LogP contribution in [0.2, 0.25) is 0 Å². The second kappa shape index (κ2) is 18.6. The first-order chi connectivity index (χ1) is 21.6. The van der Waals surface area contributed by atoms with E-state index in [-0.39, 0.29) is 13.2 Å². The van der Waals surface area contributed by atoms with Crippen LogP contribution in [0.4, 0.5) is 0 Å². The van der Waals surface area contributed by atoms with Crippen LogP contribution in [-0.2, 0) is 13.2 Å². The fraction of sp³-hybridized carbons (Fsp3) is 0.222. The SMILES string of the molecule is COc1cc(/C=C/CO)cc(OC)c1OCc1ccccc1.COc1cc(/C=C/CO)cc(OC)c1OCc1ccccc1. The Morgan fingerprint density at radius 1 is 0.500 bits per heavy atom. The average molecular weight is 601 g/mol. The largest absolute Gasteiger partial charge is 0.493 e. The molecule has 0 saturated heterocycles. The van der Waals surface area contributed by atoms with Crippen LogP contribution in [0.25, 0.3) is 12.2 Å². The molecule has 0 aliphatic rings. The summed E-state index contributed by atoms with van der Waals surface area (Å²) in [5, 5.41) is 17.7. The highest BCUT2D eigenvalue weighted by molar-refractivity contribution is 5.63. The lowest BCUT2D eigenvalue weighted by molar-refractivity contribution is 0.266. The maximum Gasteiger partial charge on any atom is 0.203 e. The van der Waals surface area contributed by atoms with Gasteiger partial charge in [0.2, 0.25) is 11.5 Å². The van der Waals surface area contributed by atoms with Crippen LogP contribution >= 0.6 is 0 Å². The van der Waals surface area contributed by atoms with Crippen LogP contribution in [0, 0.1) is 0 Å². The molecule has 44 heavy (non-hydrogen) atoms. The van der Waals surface area contributed by atoms with Gasteiger partial charge in [0.05, 0.1) is 41.7 Å². The maximum absolute atomic E-state index is 8.87. The zero-order chi connectivity index (χ0) is 31.6. The minimum Gasteiger partial charge on any atom is -0.493 e. The zero-order valence-corrected chi connectivity index (χ0v) is 25.6. The van der Waals surface area contributed by atoms with Crippen molar-refractivity contribution < 1.29 is 38.6 Å². The molecule has 8 nitrogen and oxygen atoms in total. The molecule has 2 N–H and O–H groups in total. The Morgan fingerprint density at radius 3 is 1.09 bits per heavy atom. The summed E-state index contributed by atoms with van der Waals surface area (Å²) in [4.78, 5) is 0. The van der Waals surface area contributed by atoms with Crippen molar-refractivity contribution in [1.82, 2.24) is 0 Å². The third-order valence-electron chi connectivity index (χ3n) is 6.25. The molecule has 4 aromatic rings. The molecule has 8 heteroatoms. The summed E-state index contributed by atoms with van der Waals surface area (Å²) in [7, 11) is 6.35. The quantitative estimate of drug-likeness (QED) is 0.168. The number of hydrogen-bond acceptors (Lipinski definition) is 8. The average Bonchev–Trinajstić information content (AvgIpc) is 3.08. The highest BCUT2D eigenvalue weighted by Crippen LogP contribution is 2.40. The van der Waals surface area contributed by atoms with E-state index in [0.717, 1.165) is 22.3 Å². The molecule has 0 unspecified atom stereocenters. The minimum atomic E-state index is -0.0170. The van der Waals surface area contributed by atoms with Gasteiger partial charge in [0.25, 0.3) is 0 Å². The fourth-order valence-corrected chi connectivity index (χ4v) is 4.11. The third kappa shape index (κ3) is 10.1. The predicted molar refractivity (Wildman–Crippen MR) is 173 cm³/mol. The molecule has 0 fully saturated rings. The van der Waals surface area contributed by atoms with E-state index < -0.39 is 0 Å². The molecule has 0 amide bonds. The summed E-state index contributed by atoms with van der Waals surface area (Å²) >= 11 is 0. The van der Waals surface area contributed by atoms with Crippen LogP contribution in [0.3, 0.4) is 0 Å². The summed E-state index contributed by atoms with van der Waals surface area (Å²) in [6, 6.07) is 27.2. The monoisotopic (exact) mass is 600 g/mol. The number of aliphatic hydroxyl groups is 2. The molecule has 0 radical (unpaired) electrons. The van der Waals surface area contributed by atoms with E-state index in [0.29, 0.717) is 47.7 Å². The van der Waals surface area contributed by atoms with Crippen molar-refractivity contribution in [2.75, 3.05) is 41.7 Å². The van der Waals surface area contributed by atoms with Crippen molar-refractivity contribution in [2.45, 2.75) is 13.2 Å². The lowest BCUT2D eigenvalue weighted by atomic mass is 10.1. The molecule has 0 aromatic heterocycles. The van der Waals surface area contributed by atoms with Crippen LogP contribution in [0.15, 0.2) is 97.1 Å². The minimum absolute atomic E-state index is 0.0170. The molecule has 0 bridgehead atoms. The van der Waals surface area contributed by atoms with E-state index in [1.54, 1.807) is 52.7 Å². The van der Waals surface area contributed by atoms with Crippen molar-refractivity contribution in [1.29, 1.82) is 0 Å². The predicted octanol–water partition coefficient (Wildman–Crippen LogP) is 6.58. The Morgan fingerprint density at radius 2 is 0.818 bits per heavy atom. The number of ether oxygens (including phenoxy) is 6. The molecule has 4 rings (SSSR count). The molecule has 0 saturated carbocycles. The Hall–Kier alpha value is -4.92. The first-order valence-electron chi connectivity index (χ1n) is 14.0. The summed E-state index contributed by atoms with van der Waals surface area (Å²) < 4.78 is 33.3. The zero-order valence-electron chi connectivity index (χ0n) is 25.6. The number of aliphatic hydroxyl groups excluding tert-OH is 2. The lowest BCUT2D eigenvalue weighted by Gasteiger charge is -2.15. The van der Waals surface area contributed by atoms with Gasteiger partial charge in [-0.15, -0.1) is 0 Å². The highest BCUT2D eigenvalue weighted by Gasteiger charge is 2.15. The summed E-state index contributed by atoms with van der Waals surface area (Å²) in [5.74, 6) is 3.49. The van der Waals surface area contributed by atoms with Gasteiger partial charge in [-0.25, -0.2) is 0 Å². The molecule has 0 aliphatic heterocycles. The van der Waals surface area contributed by atoms with Gasteiger partial charge in [-0.2, -0.15) is 0 Å². The van der Waals surface area contributed by atoms with Gasteiger partial charge in [-0.05, 0) is 46.5 Å². The summed E-state index contributed by atoms with van der Waals surface area (Å²) in [6.45, 7) is 0.826. The van der Waals surface area contributed by atoms with Crippen LogP contribution < -0.4 is 28.4 Å². The van der Waals surface area contributed by atoms with Crippen LogP contribution in [0.1, 0.15) is 22.3 Å². The first kappa shape index (κ1) is 33.6. The van der Waals surface area contributed by atoms with E-state index in [2.05, 4.69) is 0 Å². The second-order valence-corrected chi connectivity index (χ2v) is 9.23. The van der Waals surface area contributed by atoms with E-state index in [9.17, 15) is 0 Å². The molecule has 232 valence electrons. The van der Waals surface area contributed by atoms with Gasteiger partial charge in [0, 0.05) is 0 Å². The Labute approximate surface area is 259 Å². The van der Waals surface area contributed by atoms with E-state index >= 15 is 0 Å². The Balaban J connectivity index is 0.000000240. The molecule has 4 aromatic carbocycles. The van der Waals surface area contributed by atoms with Crippen molar-refractivity contribution >= 4 is 12.2 Å². The lowest BCUT2D eigenvalue weighted by Crippen LogP contribution is -2.00. The van der Waals surface area contributed by atoms with Gasteiger partial charge in [-0.3, -0.25) is 0 Å². The summed E-state index contributed by atoms with van der Waals surface area (Å²) in [5.41, 5.74) is 3.87. The van der Waals surface area contributed by atoms with Gasteiger partial charge >= 0.3 is 0 Å². The smallest absolute Gasteiger partial charge is 0.203 e. The number of benzene rings is 4. The highest BCUT2D eigenvalue weighted by atomic mass is 16.5. The molecule has 0 spiro atoms. The van der Waals surface area contributed by atoms with E-state index in [1.807, 2.05) is 84.9 Å². The van der Waals surface area contributed by atoms with Crippen molar-refractivity contribution in [3.05, 3.63) is 119 Å². The Bertz CT molecular complexity index is 1300. The van der Waals surface area contributed by atoms with Crippen molar-refractivity contribution in [3.63, 3.8) is 0 Å². The molecule has 0 atom stereocenters. The normalized spacial score (nSPS) is 10.7. The number of hydrogen-bond donors (Lipinski definition) is 2. The number of methoxy groups -OCH3 is 4. The van der Waals surface area contributed by atoms with Gasteiger partial charge in [-0.1, -0.05) is 85.0 Å². The molecule has 0 heterocycles. The van der Waals surface area contributed by atoms with E-state index in [1.165, 1.54) is 0 Å². The van der Waals surface area contributed by atoms with Gasteiger partial charge in [0.15, 0.2) is 23.0 Å². The van der Waals surface area contributed by atoms with Gasteiger partial charge < -0.3 is 38.6 Å². The van der Waals surface area contributed by atoms with E-state index in [4.69, 9.17) is 38.6 Å². The maximum atomic E-state index is 8.87. The molecule has 0 aliphatic carbocycles.